The van der Waals surface area contributed by atoms with Crippen molar-refractivity contribution in [2.75, 3.05) is 0 Å². The lowest BCUT2D eigenvalue weighted by Gasteiger charge is -2.02. The maximum Gasteiger partial charge on any atom is 0.0501 e. The normalized spacial score (nSPS) is 12.1. The molecule has 0 spiro atoms. The van der Waals surface area contributed by atoms with Gasteiger partial charge in [0.15, 0.2) is 0 Å². The van der Waals surface area contributed by atoms with Crippen LogP contribution in [-0.2, 0) is 0 Å². The fraction of sp³-hybridized carbons (Fsp3) is 0.231. The van der Waals surface area contributed by atoms with E-state index in [0.29, 0.717) is 0 Å². The van der Waals surface area contributed by atoms with E-state index in [2.05, 4.69) is 42.2 Å². The number of rotatable bonds is 2. The molecule has 0 bridgehead atoms. The Morgan fingerprint density at radius 1 is 1.40 bits per heavy atom. The number of hydrogen-bond acceptors (Lipinski definition) is 2. The van der Waals surface area contributed by atoms with Gasteiger partial charge in [0.1, 0.15) is 0 Å². The Hall–Kier alpha value is -1.30. The monoisotopic (exact) mass is 215 g/mol. The van der Waals surface area contributed by atoms with Crippen LogP contribution in [0.5, 0.6) is 0 Å². The smallest absolute Gasteiger partial charge is 0.0501 e. The molecule has 0 saturated carbocycles. The van der Waals surface area contributed by atoms with E-state index in [9.17, 15) is 0 Å². The van der Waals surface area contributed by atoms with Crippen LogP contribution in [0.1, 0.15) is 24.3 Å². The Bertz CT molecular complexity index is 483. The fourth-order valence-electron chi connectivity index (χ4n) is 1.50. The molecule has 76 valence electrons. The van der Waals surface area contributed by atoms with Gasteiger partial charge in [-0.3, -0.25) is 0 Å². The first-order valence-electron chi connectivity index (χ1n) is 4.95. The van der Waals surface area contributed by atoms with E-state index < -0.39 is 0 Å². The molecule has 1 aromatic heterocycles. The maximum atomic E-state index is 6.05. The molecule has 2 N–H and O–H groups in total. The molecule has 2 heteroatoms. The Morgan fingerprint density at radius 2 is 2.20 bits per heavy atom. The third-order valence-electron chi connectivity index (χ3n) is 2.31. The Morgan fingerprint density at radius 3 is 2.93 bits per heavy atom. The first kappa shape index (κ1) is 10.2. The summed E-state index contributed by atoms with van der Waals surface area (Å²) in [7, 11) is 0. The second-order valence-electron chi connectivity index (χ2n) is 3.42. The molecule has 2 rings (SSSR count). The van der Waals surface area contributed by atoms with Crippen molar-refractivity contribution in [3.63, 3.8) is 0 Å². The van der Waals surface area contributed by atoms with Crippen LogP contribution in [-0.4, -0.2) is 0 Å². The summed E-state index contributed by atoms with van der Waals surface area (Å²) in [5.74, 6) is 5.90. The minimum absolute atomic E-state index is 0.0508. The van der Waals surface area contributed by atoms with Gasteiger partial charge in [0.05, 0.1) is 6.04 Å². The number of thiophene rings is 1. The molecular formula is C13H13NS. The molecule has 1 heterocycles. The molecule has 0 saturated heterocycles. The van der Waals surface area contributed by atoms with Crippen molar-refractivity contribution in [1.29, 1.82) is 0 Å². The highest BCUT2D eigenvalue weighted by molar-refractivity contribution is 7.19. The van der Waals surface area contributed by atoms with Crippen molar-refractivity contribution in [2.45, 2.75) is 19.4 Å². The zero-order valence-electron chi connectivity index (χ0n) is 8.66. The van der Waals surface area contributed by atoms with E-state index in [1.54, 1.807) is 11.3 Å². The third-order valence-corrected chi connectivity index (χ3v) is 3.56. The molecule has 1 atom stereocenters. The molecule has 0 aliphatic rings. The summed E-state index contributed by atoms with van der Waals surface area (Å²) in [5, 5.41) is 1.28. The fourth-order valence-corrected chi connectivity index (χ4v) is 2.56. The highest BCUT2D eigenvalue weighted by Crippen LogP contribution is 2.29. The second-order valence-corrected chi connectivity index (χ2v) is 4.54. The van der Waals surface area contributed by atoms with E-state index in [-0.39, 0.29) is 6.04 Å². The van der Waals surface area contributed by atoms with Gasteiger partial charge in [-0.25, -0.2) is 0 Å². The predicted molar refractivity (Wildman–Crippen MR) is 66.8 cm³/mol. The van der Waals surface area contributed by atoms with Crippen molar-refractivity contribution in [3.05, 3.63) is 35.2 Å². The van der Waals surface area contributed by atoms with Gasteiger partial charge in [0.2, 0.25) is 0 Å². The molecule has 0 aliphatic heterocycles. The van der Waals surface area contributed by atoms with Gasteiger partial charge in [-0.2, -0.15) is 0 Å². The first-order valence-corrected chi connectivity index (χ1v) is 5.76. The summed E-state index contributed by atoms with van der Waals surface area (Å²) in [6, 6.07) is 10.6. The summed E-state index contributed by atoms with van der Waals surface area (Å²) in [5.41, 5.74) is 6.05. The summed E-state index contributed by atoms with van der Waals surface area (Å²) in [6.07, 6.45) is 0.739. The summed E-state index contributed by atoms with van der Waals surface area (Å²) in [6.45, 7) is 1.84. The number of fused-ring (bicyclic) bond motifs is 1. The lowest BCUT2D eigenvalue weighted by molar-refractivity contribution is 0.771. The zero-order valence-corrected chi connectivity index (χ0v) is 9.47. The van der Waals surface area contributed by atoms with Gasteiger partial charge < -0.3 is 5.73 Å². The van der Waals surface area contributed by atoms with Crippen molar-refractivity contribution in [2.24, 2.45) is 5.73 Å². The van der Waals surface area contributed by atoms with Crippen molar-refractivity contribution >= 4 is 21.4 Å². The number of hydrogen-bond donors (Lipinski definition) is 1. The first-order chi connectivity index (χ1) is 7.31. The van der Waals surface area contributed by atoms with Crippen LogP contribution in [0.25, 0.3) is 10.1 Å². The average molecular weight is 215 g/mol. The third kappa shape index (κ3) is 2.20. The van der Waals surface area contributed by atoms with Crippen LogP contribution >= 0.6 is 11.3 Å². The summed E-state index contributed by atoms with van der Waals surface area (Å²) in [4.78, 5) is 1.22. The predicted octanol–water partition coefficient (Wildman–Crippen LogP) is 3.31. The minimum Gasteiger partial charge on any atom is -0.322 e. The Labute approximate surface area is 93.9 Å². The number of nitrogens with two attached hydrogens (primary N) is 1. The lowest BCUT2D eigenvalue weighted by atomic mass is 10.1. The van der Waals surface area contributed by atoms with Crippen LogP contribution in [0, 0.1) is 11.8 Å². The maximum absolute atomic E-state index is 6.05. The van der Waals surface area contributed by atoms with Crippen LogP contribution in [0.15, 0.2) is 30.3 Å². The minimum atomic E-state index is 0.0508. The molecule has 0 amide bonds. The highest BCUT2D eigenvalue weighted by Gasteiger charge is 2.08. The standard InChI is InChI=1S/C13H13NS/c1-2-3-7-11(14)13-9-10-6-4-5-8-12(10)15-13/h4-6,8-9,11H,7,14H2,1H3. The number of benzene rings is 1. The molecule has 15 heavy (non-hydrogen) atoms. The summed E-state index contributed by atoms with van der Waals surface area (Å²) < 4.78 is 1.30. The van der Waals surface area contributed by atoms with Crippen LogP contribution < -0.4 is 5.73 Å². The van der Waals surface area contributed by atoms with E-state index in [1.807, 2.05) is 6.92 Å². The lowest BCUT2D eigenvalue weighted by Crippen LogP contribution is -2.06. The zero-order chi connectivity index (χ0) is 10.7. The van der Waals surface area contributed by atoms with Gasteiger partial charge in [-0.1, -0.05) is 18.2 Å². The van der Waals surface area contributed by atoms with E-state index in [4.69, 9.17) is 5.73 Å². The van der Waals surface area contributed by atoms with Gasteiger partial charge in [-0.15, -0.1) is 23.2 Å². The molecule has 1 aromatic carbocycles. The largest absolute Gasteiger partial charge is 0.322 e. The molecule has 0 radical (unpaired) electrons. The van der Waals surface area contributed by atoms with Crippen LogP contribution in [0.4, 0.5) is 0 Å². The van der Waals surface area contributed by atoms with Gasteiger partial charge in [0.25, 0.3) is 0 Å². The Balaban J connectivity index is 2.30. The molecule has 0 fully saturated rings. The van der Waals surface area contributed by atoms with E-state index >= 15 is 0 Å². The van der Waals surface area contributed by atoms with Crippen molar-refractivity contribution < 1.29 is 0 Å². The van der Waals surface area contributed by atoms with Gasteiger partial charge in [-0.05, 0) is 24.4 Å². The van der Waals surface area contributed by atoms with Crippen LogP contribution in [0.2, 0.25) is 0 Å². The quantitative estimate of drug-likeness (QED) is 0.764. The Kier molecular flexibility index (Phi) is 3.05. The molecular weight excluding hydrogens is 202 g/mol. The molecule has 1 nitrogen and oxygen atoms in total. The van der Waals surface area contributed by atoms with Crippen molar-refractivity contribution in [3.8, 4) is 11.8 Å². The van der Waals surface area contributed by atoms with Gasteiger partial charge in [0, 0.05) is 16.0 Å². The highest BCUT2D eigenvalue weighted by atomic mass is 32.1. The second kappa shape index (κ2) is 4.48. The molecule has 2 aromatic rings. The molecule has 1 unspecified atom stereocenters. The molecule has 0 aliphatic carbocycles. The topological polar surface area (TPSA) is 26.0 Å². The van der Waals surface area contributed by atoms with Gasteiger partial charge >= 0.3 is 0 Å². The van der Waals surface area contributed by atoms with E-state index in [1.165, 1.54) is 15.0 Å². The van der Waals surface area contributed by atoms with Crippen LogP contribution in [0.3, 0.4) is 0 Å². The average Bonchev–Trinajstić information content (AvgIpc) is 2.69. The van der Waals surface area contributed by atoms with Crippen molar-refractivity contribution in [1.82, 2.24) is 0 Å². The SMILES string of the molecule is CC#CCC(N)c1cc2ccccc2s1. The van der Waals surface area contributed by atoms with E-state index in [0.717, 1.165) is 6.42 Å². The summed E-state index contributed by atoms with van der Waals surface area (Å²) >= 11 is 1.76.